The predicted octanol–water partition coefficient (Wildman–Crippen LogP) is 3.65. The Morgan fingerprint density at radius 1 is 1.11 bits per heavy atom. The highest BCUT2D eigenvalue weighted by atomic mass is 19.1. The molecule has 0 atom stereocenters. The van der Waals surface area contributed by atoms with Crippen LogP contribution in [0.5, 0.6) is 0 Å². The Balaban J connectivity index is 2.01. The molecule has 19 heavy (non-hydrogen) atoms. The van der Waals surface area contributed by atoms with Gasteiger partial charge in [-0.05, 0) is 25.0 Å². The van der Waals surface area contributed by atoms with E-state index in [0.29, 0.717) is 6.04 Å². The zero-order chi connectivity index (χ0) is 13.7. The third-order valence-corrected chi connectivity index (χ3v) is 3.69. The van der Waals surface area contributed by atoms with Gasteiger partial charge in [-0.1, -0.05) is 25.7 Å². The molecule has 1 aromatic carbocycles. The maximum Gasteiger partial charge on any atom is 0.131 e. The summed E-state index contributed by atoms with van der Waals surface area (Å²) in [6.45, 7) is 0.189. The van der Waals surface area contributed by atoms with Crippen molar-refractivity contribution in [2.45, 2.75) is 51.1 Å². The molecule has 0 amide bonds. The summed E-state index contributed by atoms with van der Waals surface area (Å²) in [4.78, 5) is 0. The van der Waals surface area contributed by atoms with Gasteiger partial charge >= 0.3 is 0 Å². The number of benzene rings is 1. The zero-order valence-corrected chi connectivity index (χ0v) is 10.9. The van der Waals surface area contributed by atoms with Crippen LogP contribution in [-0.2, 0) is 6.54 Å². The van der Waals surface area contributed by atoms with E-state index in [2.05, 4.69) is 5.32 Å². The highest BCUT2D eigenvalue weighted by Gasteiger charge is 2.15. The van der Waals surface area contributed by atoms with Crippen LogP contribution >= 0.6 is 0 Å². The maximum absolute atomic E-state index is 13.7. The number of nitriles is 1. The van der Waals surface area contributed by atoms with Crippen molar-refractivity contribution in [3.8, 4) is 6.07 Å². The molecule has 0 heterocycles. The van der Waals surface area contributed by atoms with Gasteiger partial charge in [0.2, 0.25) is 0 Å². The number of nitrogens with one attached hydrogen (secondary N) is 1. The molecular formula is C15H18F2N2. The number of nitrogens with zero attached hydrogens (tertiary/aromatic N) is 1. The minimum atomic E-state index is -0.641. The second-order valence-corrected chi connectivity index (χ2v) is 5.10. The fraction of sp³-hybridized carbons (Fsp3) is 0.533. The van der Waals surface area contributed by atoms with Crippen LogP contribution in [0.15, 0.2) is 12.1 Å². The zero-order valence-electron chi connectivity index (χ0n) is 10.9. The molecule has 2 rings (SSSR count). The van der Waals surface area contributed by atoms with Crippen LogP contribution in [0.25, 0.3) is 0 Å². The normalized spacial score (nSPS) is 16.9. The molecule has 1 saturated carbocycles. The molecule has 0 aromatic heterocycles. The van der Waals surface area contributed by atoms with Crippen molar-refractivity contribution >= 4 is 0 Å². The summed E-state index contributed by atoms with van der Waals surface area (Å²) in [6, 6.07) is 4.27. The van der Waals surface area contributed by atoms with E-state index < -0.39 is 11.6 Å². The molecule has 4 heteroatoms. The van der Waals surface area contributed by atoms with Gasteiger partial charge in [0.1, 0.15) is 11.6 Å². The first kappa shape index (κ1) is 14.0. The van der Waals surface area contributed by atoms with Crippen molar-refractivity contribution in [3.05, 3.63) is 34.9 Å². The van der Waals surface area contributed by atoms with Crippen LogP contribution in [0.2, 0.25) is 0 Å². The first-order chi connectivity index (χ1) is 9.20. The fourth-order valence-corrected chi connectivity index (χ4v) is 2.57. The third-order valence-electron chi connectivity index (χ3n) is 3.69. The lowest BCUT2D eigenvalue weighted by Crippen LogP contribution is -2.28. The van der Waals surface area contributed by atoms with Crippen molar-refractivity contribution in [1.29, 1.82) is 5.26 Å². The van der Waals surface area contributed by atoms with Gasteiger partial charge in [0.15, 0.2) is 0 Å². The molecule has 1 aliphatic rings. The van der Waals surface area contributed by atoms with Crippen molar-refractivity contribution in [1.82, 2.24) is 5.32 Å². The van der Waals surface area contributed by atoms with Crippen molar-refractivity contribution in [2.24, 2.45) is 0 Å². The lowest BCUT2D eigenvalue weighted by atomic mass is 10.1. The quantitative estimate of drug-likeness (QED) is 0.846. The average molecular weight is 264 g/mol. The summed E-state index contributed by atoms with van der Waals surface area (Å²) >= 11 is 0. The van der Waals surface area contributed by atoms with Gasteiger partial charge in [0.25, 0.3) is 0 Å². The Morgan fingerprint density at radius 3 is 2.21 bits per heavy atom. The molecule has 0 spiro atoms. The largest absolute Gasteiger partial charge is 0.310 e. The number of hydrogen-bond acceptors (Lipinski definition) is 2. The Labute approximate surface area is 112 Å². The lowest BCUT2D eigenvalue weighted by molar-refractivity contribution is 0.442. The van der Waals surface area contributed by atoms with E-state index in [1.165, 1.54) is 25.7 Å². The van der Waals surface area contributed by atoms with Crippen LogP contribution in [0.3, 0.4) is 0 Å². The third kappa shape index (κ3) is 3.74. The predicted molar refractivity (Wildman–Crippen MR) is 69.4 cm³/mol. The maximum atomic E-state index is 13.7. The second-order valence-electron chi connectivity index (χ2n) is 5.10. The summed E-state index contributed by atoms with van der Waals surface area (Å²) in [6.07, 6.45) is 6.99. The Kier molecular flexibility index (Phi) is 4.86. The lowest BCUT2D eigenvalue weighted by Gasteiger charge is -2.16. The second kappa shape index (κ2) is 6.63. The Bertz CT molecular complexity index is 449. The summed E-state index contributed by atoms with van der Waals surface area (Å²) in [5, 5.41) is 11.9. The van der Waals surface area contributed by atoms with Crippen molar-refractivity contribution in [2.75, 3.05) is 0 Å². The van der Waals surface area contributed by atoms with Gasteiger partial charge in [-0.15, -0.1) is 0 Å². The van der Waals surface area contributed by atoms with E-state index in [0.717, 1.165) is 25.0 Å². The Morgan fingerprint density at radius 2 is 1.68 bits per heavy atom. The Hall–Kier alpha value is -1.47. The van der Waals surface area contributed by atoms with Gasteiger partial charge < -0.3 is 5.32 Å². The highest BCUT2D eigenvalue weighted by molar-refractivity contribution is 5.34. The number of rotatable bonds is 3. The average Bonchev–Trinajstić information content (AvgIpc) is 2.66. The van der Waals surface area contributed by atoms with Gasteiger partial charge in [-0.25, -0.2) is 8.78 Å². The summed E-state index contributed by atoms with van der Waals surface area (Å²) in [5.41, 5.74) is 0.0523. The molecule has 102 valence electrons. The van der Waals surface area contributed by atoms with Crippen LogP contribution in [-0.4, -0.2) is 6.04 Å². The minimum absolute atomic E-state index is 0.0215. The van der Waals surface area contributed by atoms with Gasteiger partial charge in [0, 0.05) is 18.2 Å². The minimum Gasteiger partial charge on any atom is -0.310 e. The standard InChI is InChI=1S/C15H18F2N2/c16-14-7-11(9-18)8-15(17)13(14)10-19-12-5-3-1-2-4-6-12/h7-8,12,19H,1-6,10H2. The molecule has 1 aromatic rings. The molecule has 0 aliphatic heterocycles. The van der Waals surface area contributed by atoms with E-state index in [-0.39, 0.29) is 17.7 Å². The van der Waals surface area contributed by atoms with Gasteiger partial charge in [-0.2, -0.15) is 5.26 Å². The monoisotopic (exact) mass is 264 g/mol. The molecule has 0 saturated heterocycles. The summed E-state index contributed by atoms with van der Waals surface area (Å²) in [5.74, 6) is -1.28. The highest BCUT2D eigenvalue weighted by Crippen LogP contribution is 2.19. The topological polar surface area (TPSA) is 35.8 Å². The van der Waals surface area contributed by atoms with E-state index in [1.807, 2.05) is 0 Å². The van der Waals surface area contributed by atoms with E-state index >= 15 is 0 Å². The molecule has 1 aliphatic carbocycles. The first-order valence-electron chi connectivity index (χ1n) is 6.82. The summed E-state index contributed by atoms with van der Waals surface area (Å²) < 4.78 is 27.4. The first-order valence-corrected chi connectivity index (χ1v) is 6.82. The van der Waals surface area contributed by atoms with E-state index in [1.54, 1.807) is 6.07 Å². The van der Waals surface area contributed by atoms with Gasteiger partial charge in [-0.3, -0.25) is 0 Å². The molecule has 0 radical (unpaired) electrons. The number of halogens is 2. The van der Waals surface area contributed by atoms with Crippen LogP contribution < -0.4 is 5.32 Å². The fourth-order valence-electron chi connectivity index (χ4n) is 2.57. The summed E-state index contributed by atoms with van der Waals surface area (Å²) in [7, 11) is 0. The number of hydrogen-bond donors (Lipinski definition) is 1. The SMILES string of the molecule is N#Cc1cc(F)c(CNC2CCCCCC2)c(F)c1. The van der Waals surface area contributed by atoms with Crippen molar-refractivity contribution < 1.29 is 8.78 Å². The molecule has 1 N–H and O–H groups in total. The molecule has 2 nitrogen and oxygen atoms in total. The molecule has 0 bridgehead atoms. The molecule has 1 fully saturated rings. The van der Waals surface area contributed by atoms with Crippen LogP contribution in [0.1, 0.15) is 49.7 Å². The van der Waals surface area contributed by atoms with Crippen LogP contribution in [0, 0.1) is 23.0 Å². The molecule has 0 unspecified atom stereocenters. The van der Waals surface area contributed by atoms with E-state index in [4.69, 9.17) is 5.26 Å². The van der Waals surface area contributed by atoms with Crippen LogP contribution in [0.4, 0.5) is 8.78 Å². The molecular weight excluding hydrogens is 246 g/mol. The van der Waals surface area contributed by atoms with Gasteiger partial charge in [0.05, 0.1) is 11.6 Å². The van der Waals surface area contributed by atoms with E-state index in [9.17, 15) is 8.78 Å². The van der Waals surface area contributed by atoms with Crippen molar-refractivity contribution in [3.63, 3.8) is 0 Å². The smallest absolute Gasteiger partial charge is 0.131 e.